The van der Waals surface area contributed by atoms with Gasteiger partial charge in [-0.15, -0.1) is 0 Å². The van der Waals surface area contributed by atoms with Crippen LogP contribution < -0.4 is 10.6 Å². The van der Waals surface area contributed by atoms with E-state index in [1.807, 2.05) is 6.08 Å². The highest BCUT2D eigenvalue weighted by Crippen LogP contribution is 2.26. The summed E-state index contributed by atoms with van der Waals surface area (Å²) in [6.07, 6.45) is 1.84. The number of nitrogens with one attached hydrogen (secondary N) is 2. The van der Waals surface area contributed by atoms with E-state index in [2.05, 4.69) is 80.2 Å². The summed E-state index contributed by atoms with van der Waals surface area (Å²) in [5.41, 5.74) is 6.24. The minimum atomic E-state index is -0.190. The molecule has 0 atom stereocenters. The maximum atomic E-state index is 11.9. The van der Waals surface area contributed by atoms with Gasteiger partial charge in [-0.05, 0) is 66.9 Å². The molecule has 1 fully saturated rings. The lowest BCUT2D eigenvalue weighted by atomic mass is 9.87. The lowest BCUT2D eigenvalue weighted by molar-refractivity contribution is -0.115. The first-order chi connectivity index (χ1) is 11.7. The molecular formula is C20H23N3OS. The normalized spacial score (nSPS) is 16.3. The summed E-state index contributed by atoms with van der Waals surface area (Å²) < 4.78 is 2.20. The van der Waals surface area contributed by atoms with E-state index in [1.54, 1.807) is 0 Å². The van der Waals surface area contributed by atoms with Crippen LogP contribution in [0.4, 0.5) is 0 Å². The first-order valence-corrected chi connectivity index (χ1v) is 8.71. The molecule has 4 nitrogen and oxygen atoms in total. The van der Waals surface area contributed by atoms with Crippen molar-refractivity contribution in [2.24, 2.45) is 0 Å². The molecule has 25 heavy (non-hydrogen) atoms. The molecule has 1 aromatic heterocycles. The Bertz CT molecular complexity index is 883. The van der Waals surface area contributed by atoms with Gasteiger partial charge in [-0.25, -0.2) is 0 Å². The minimum absolute atomic E-state index is 0.134. The summed E-state index contributed by atoms with van der Waals surface area (Å²) >= 11 is 4.98. The maximum Gasteiger partial charge on any atom is 0.273 e. The number of hydrogen-bond acceptors (Lipinski definition) is 2. The fraction of sp³-hybridized carbons (Fsp3) is 0.300. The fourth-order valence-corrected chi connectivity index (χ4v) is 3.28. The summed E-state index contributed by atoms with van der Waals surface area (Å²) in [4.78, 5) is 11.9. The Kier molecular flexibility index (Phi) is 4.29. The quantitative estimate of drug-likeness (QED) is 0.639. The van der Waals surface area contributed by atoms with Crippen molar-refractivity contribution < 1.29 is 4.79 Å². The Balaban J connectivity index is 1.99. The zero-order chi connectivity index (χ0) is 18.4. The van der Waals surface area contributed by atoms with E-state index in [1.165, 1.54) is 5.56 Å². The third kappa shape index (κ3) is 3.37. The molecule has 3 rings (SSSR count). The number of aryl methyl sites for hydroxylation is 1. The molecular weight excluding hydrogens is 330 g/mol. The van der Waals surface area contributed by atoms with Gasteiger partial charge >= 0.3 is 0 Å². The Hall–Kier alpha value is -2.40. The van der Waals surface area contributed by atoms with Crippen LogP contribution in [0.1, 0.15) is 43.3 Å². The zero-order valence-electron chi connectivity index (χ0n) is 15.2. The predicted molar refractivity (Wildman–Crippen MR) is 106 cm³/mol. The van der Waals surface area contributed by atoms with Gasteiger partial charge in [-0.3, -0.25) is 10.1 Å². The standard InChI is InChI=1S/C20H23N3OS/c1-12-10-14(11-17-18(24)22-19(25)21-17)13(2)23(12)16-8-6-15(7-9-16)20(3,4)5/h6-11H,1-5H3,(H2,21,22,24,25). The molecule has 1 saturated heterocycles. The highest BCUT2D eigenvalue weighted by atomic mass is 32.1. The van der Waals surface area contributed by atoms with Crippen LogP contribution in [0, 0.1) is 13.8 Å². The van der Waals surface area contributed by atoms with Crippen LogP contribution in [0.15, 0.2) is 36.0 Å². The number of carbonyl (C=O) groups is 1. The van der Waals surface area contributed by atoms with Gasteiger partial charge in [0.15, 0.2) is 5.11 Å². The number of hydrogen-bond donors (Lipinski definition) is 2. The van der Waals surface area contributed by atoms with Crippen LogP contribution in [0.2, 0.25) is 0 Å². The highest BCUT2D eigenvalue weighted by molar-refractivity contribution is 7.80. The molecule has 5 heteroatoms. The van der Waals surface area contributed by atoms with E-state index in [0.717, 1.165) is 22.6 Å². The van der Waals surface area contributed by atoms with Crippen molar-refractivity contribution in [3.8, 4) is 5.69 Å². The van der Waals surface area contributed by atoms with E-state index in [0.29, 0.717) is 10.8 Å². The first kappa shape index (κ1) is 17.4. The van der Waals surface area contributed by atoms with E-state index in [-0.39, 0.29) is 11.3 Å². The van der Waals surface area contributed by atoms with Crippen LogP contribution in [0.3, 0.4) is 0 Å². The second-order valence-electron chi connectivity index (χ2n) is 7.43. The lowest BCUT2D eigenvalue weighted by Gasteiger charge is -2.20. The number of thiocarbonyl (C=S) groups is 1. The van der Waals surface area contributed by atoms with E-state index in [4.69, 9.17) is 12.2 Å². The highest BCUT2D eigenvalue weighted by Gasteiger charge is 2.21. The molecule has 0 unspecified atom stereocenters. The van der Waals surface area contributed by atoms with Gasteiger partial charge in [0.05, 0.1) is 0 Å². The third-order valence-electron chi connectivity index (χ3n) is 4.48. The summed E-state index contributed by atoms with van der Waals surface area (Å²) in [5, 5.41) is 5.83. The van der Waals surface area contributed by atoms with Crippen molar-refractivity contribution in [3.63, 3.8) is 0 Å². The Morgan fingerprint density at radius 2 is 1.72 bits per heavy atom. The molecule has 0 saturated carbocycles. The number of benzene rings is 1. The Morgan fingerprint density at radius 3 is 2.24 bits per heavy atom. The van der Waals surface area contributed by atoms with E-state index >= 15 is 0 Å². The fourth-order valence-electron chi connectivity index (χ4n) is 3.08. The molecule has 0 aliphatic carbocycles. The van der Waals surface area contributed by atoms with E-state index in [9.17, 15) is 4.79 Å². The number of rotatable bonds is 2. The molecule has 130 valence electrons. The lowest BCUT2D eigenvalue weighted by Crippen LogP contribution is -2.21. The Labute approximate surface area is 153 Å². The second kappa shape index (κ2) is 6.15. The largest absolute Gasteiger partial charge is 0.328 e. The van der Waals surface area contributed by atoms with Gasteiger partial charge in [0.1, 0.15) is 5.70 Å². The molecule has 0 radical (unpaired) electrons. The maximum absolute atomic E-state index is 11.9. The number of amides is 1. The van der Waals surface area contributed by atoms with Crippen molar-refractivity contribution >= 4 is 29.3 Å². The number of aromatic nitrogens is 1. The van der Waals surface area contributed by atoms with Gasteiger partial charge in [0, 0.05) is 17.1 Å². The average molecular weight is 353 g/mol. The molecule has 1 amide bonds. The SMILES string of the molecule is Cc1cc(C=C2NC(=S)NC2=O)c(C)n1-c1ccc(C(C)(C)C)cc1. The number of nitrogens with zero attached hydrogens (tertiary/aromatic N) is 1. The molecule has 2 aromatic rings. The topological polar surface area (TPSA) is 46.1 Å². The molecule has 1 aromatic carbocycles. The average Bonchev–Trinajstić information content (AvgIpc) is 2.98. The minimum Gasteiger partial charge on any atom is -0.328 e. The monoisotopic (exact) mass is 353 g/mol. The van der Waals surface area contributed by atoms with Gasteiger partial charge in [-0.1, -0.05) is 32.9 Å². The van der Waals surface area contributed by atoms with Crippen molar-refractivity contribution in [2.75, 3.05) is 0 Å². The van der Waals surface area contributed by atoms with E-state index < -0.39 is 0 Å². The molecule has 2 heterocycles. The van der Waals surface area contributed by atoms with Gasteiger partial charge in [0.25, 0.3) is 5.91 Å². The predicted octanol–water partition coefficient (Wildman–Crippen LogP) is 3.74. The van der Waals surface area contributed by atoms with Crippen molar-refractivity contribution in [1.29, 1.82) is 0 Å². The summed E-state index contributed by atoms with van der Waals surface area (Å²) in [6.45, 7) is 10.8. The van der Waals surface area contributed by atoms with Crippen LogP contribution in [-0.2, 0) is 10.2 Å². The van der Waals surface area contributed by atoms with Crippen LogP contribution in [0.25, 0.3) is 11.8 Å². The summed E-state index contributed by atoms with van der Waals surface area (Å²) in [7, 11) is 0. The molecule has 0 bridgehead atoms. The molecule has 1 aliphatic heterocycles. The van der Waals surface area contributed by atoms with Crippen LogP contribution in [0.5, 0.6) is 0 Å². The zero-order valence-corrected chi connectivity index (χ0v) is 16.0. The first-order valence-electron chi connectivity index (χ1n) is 8.31. The second-order valence-corrected chi connectivity index (χ2v) is 7.83. The smallest absolute Gasteiger partial charge is 0.273 e. The van der Waals surface area contributed by atoms with Crippen LogP contribution in [-0.4, -0.2) is 15.6 Å². The summed E-state index contributed by atoms with van der Waals surface area (Å²) in [6, 6.07) is 10.7. The molecule has 1 aliphatic rings. The third-order valence-corrected chi connectivity index (χ3v) is 4.69. The van der Waals surface area contributed by atoms with Crippen molar-refractivity contribution in [1.82, 2.24) is 15.2 Å². The van der Waals surface area contributed by atoms with Gasteiger partial charge in [0.2, 0.25) is 0 Å². The van der Waals surface area contributed by atoms with Crippen molar-refractivity contribution in [2.45, 2.75) is 40.0 Å². The van der Waals surface area contributed by atoms with Gasteiger partial charge in [-0.2, -0.15) is 0 Å². The molecule has 0 spiro atoms. The van der Waals surface area contributed by atoms with Crippen molar-refractivity contribution in [3.05, 3.63) is 58.5 Å². The van der Waals surface area contributed by atoms with Gasteiger partial charge < -0.3 is 9.88 Å². The molecule has 2 N–H and O–H groups in total. The van der Waals surface area contributed by atoms with Crippen LogP contribution >= 0.6 is 12.2 Å². The number of carbonyl (C=O) groups excluding carboxylic acids is 1. The summed E-state index contributed by atoms with van der Waals surface area (Å²) in [5.74, 6) is -0.190. The Morgan fingerprint density at radius 1 is 1.08 bits per heavy atom.